The number of rotatable bonds is 6. The lowest BCUT2D eigenvalue weighted by atomic mass is 10.2. The van der Waals surface area contributed by atoms with Crippen LogP contribution in [0.3, 0.4) is 0 Å². The fourth-order valence-electron chi connectivity index (χ4n) is 2.93. The second-order valence-corrected chi connectivity index (χ2v) is 7.37. The van der Waals surface area contributed by atoms with Gasteiger partial charge in [-0.05, 0) is 49.4 Å². The number of hydrogen-bond acceptors (Lipinski definition) is 4. The second kappa shape index (κ2) is 7.90. The minimum atomic E-state index is -0.262. The Balaban J connectivity index is 1.56. The van der Waals surface area contributed by atoms with Gasteiger partial charge in [0.05, 0.1) is 6.20 Å². The van der Waals surface area contributed by atoms with Crippen molar-refractivity contribution in [3.05, 3.63) is 66.5 Å². The number of carbonyl (C=O) groups excluding carboxylic acids is 2. The standard InChI is InChI=1S/C21H20N4O2S/c1-28-21-22-13-18(25(21)17-8-3-2-4-9-17)20(27)24-16-7-5-6-15(12-16)23-19(26)14-10-11-14/h2-9,12-14H,10-11H2,1H3,(H,23,26)(H,24,27). The summed E-state index contributed by atoms with van der Waals surface area (Å²) in [6.45, 7) is 0. The van der Waals surface area contributed by atoms with Crippen LogP contribution < -0.4 is 10.6 Å². The van der Waals surface area contributed by atoms with Crippen molar-refractivity contribution in [3.63, 3.8) is 0 Å². The van der Waals surface area contributed by atoms with Crippen molar-refractivity contribution < 1.29 is 9.59 Å². The number of nitrogens with one attached hydrogen (secondary N) is 2. The molecule has 0 radical (unpaired) electrons. The first-order valence-electron chi connectivity index (χ1n) is 9.05. The average Bonchev–Trinajstić information content (AvgIpc) is 3.47. The van der Waals surface area contributed by atoms with Crippen LogP contribution in [0, 0.1) is 5.92 Å². The molecule has 7 heteroatoms. The van der Waals surface area contributed by atoms with Gasteiger partial charge in [0.15, 0.2) is 5.16 Å². The first-order chi connectivity index (χ1) is 13.7. The fraction of sp³-hybridized carbons (Fsp3) is 0.190. The summed E-state index contributed by atoms with van der Waals surface area (Å²) in [4.78, 5) is 29.2. The summed E-state index contributed by atoms with van der Waals surface area (Å²) in [5.74, 6) is -0.0963. The van der Waals surface area contributed by atoms with E-state index in [1.807, 2.05) is 47.2 Å². The van der Waals surface area contributed by atoms with Gasteiger partial charge in [-0.2, -0.15) is 0 Å². The first-order valence-corrected chi connectivity index (χ1v) is 10.3. The highest BCUT2D eigenvalue weighted by atomic mass is 32.2. The third-order valence-electron chi connectivity index (χ3n) is 4.50. The van der Waals surface area contributed by atoms with Crippen molar-refractivity contribution in [1.29, 1.82) is 0 Å². The third kappa shape index (κ3) is 3.94. The predicted molar refractivity (Wildman–Crippen MR) is 111 cm³/mol. The number of carbonyl (C=O) groups is 2. The van der Waals surface area contributed by atoms with Gasteiger partial charge < -0.3 is 10.6 Å². The predicted octanol–water partition coefficient (Wildman–Crippen LogP) is 4.20. The van der Waals surface area contributed by atoms with E-state index in [1.54, 1.807) is 24.4 Å². The number of thioether (sulfide) groups is 1. The molecule has 0 bridgehead atoms. The number of para-hydroxylation sites is 1. The van der Waals surface area contributed by atoms with E-state index >= 15 is 0 Å². The molecule has 0 spiro atoms. The Morgan fingerprint density at radius 1 is 1.04 bits per heavy atom. The molecule has 1 aromatic heterocycles. The van der Waals surface area contributed by atoms with Crippen molar-refractivity contribution in [2.45, 2.75) is 18.0 Å². The minimum Gasteiger partial charge on any atom is -0.326 e. The average molecular weight is 392 g/mol. The summed E-state index contributed by atoms with van der Waals surface area (Å²) in [7, 11) is 0. The van der Waals surface area contributed by atoms with Crippen LogP contribution in [0.5, 0.6) is 0 Å². The lowest BCUT2D eigenvalue weighted by Crippen LogP contribution is -2.17. The molecule has 28 heavy (non-hydrogen) atoms. The molecule has 1 aliphatic rings. The lowest BCUT2D eigenvalue weighted by molar-refractivity contribution is -0.117. The maximum atomic E-state index is 12.9. The number of amides is 2. The first kappa shape index (κ1) is 18.3. The number of benzene rings is 2. The molecule has 1 aliphatic carbocycles. The zero-order valence-electron chi connectivity index (χ0n) is 15.4. The van der Waals surface area contributed by atoms with E-state index in [2.05, 4.69) is 15.6 Å². The van der Waals surface area contributed by atoms with Crippen LogP contribution in [0.1, 0.15) is 23.3 Å². The van der Waals surface area contributed by atoms with Gasteiger partial charge in [-0.15, -0.1) is 0 Å². The van der Waals surface area contributed by atoms with E-state index in [-0.39, 0.29) is 17.7 Å². The zero-order valence-corrected chi connectivity index (χ0v) is 16.2. The van der Waals surface area contributed by atoms with Crippen LogP contribution in [-0.4, -0.2) is 27.6 Å². The van der Waals surface area contributed by atoms with Gasteiger partial charge in [0, 0.05) is 23.0 Å². The van der Waals surface area contributed by atoms with Crippen molar-refractivity contribution in [2.75, 3.05) is 16.9 Å². The molecule has 142 valence electrons. The van der Waals surface area contributed by atoms with Gasteiger partial charge in [-0.25, -0.2) is 4.98 Å². The molecule has 1 heterocycles. The van der Waals surface area contributed by atoms with Gasteiger partial charge in [-0.1, -0.05) is 36.0 Å². The van der Waals surface area contributed by atoms with Gasteiger partial charge >= 0.3 is 0 Å². The molecule has 0 saturated heterocycles. The van der Waals surface area contributed by atoms with Crippen LogP contribution in [0.25, 0.3) is 5.69 Å². The molecule has 4 rings (SSSR count). The molecule has 2 N–H and O–H groups in total. The molecule has 1 fully saturated rings. The summed E-state index contributed by atoms with van der Waals surface area (Å²) < 4.78 is 1.83. The van der Waals surface area contributed by atoms with Crippen LogP contribution in [0.2, 0.25) is 0 Å². The summed E-state index contributed by atoms with van der Waals surface area (Å²) in [6.07, 6.45) is 5.40. The van der Waals surface area contributed by atoms with E-state index in [4.69, 9.17) is 0 Å². The Labute approximate surface area is 167 Å². The topological polar surface area (TPSA) is 76.0 Å². The van der Waals surface area contributed by atoms with Crippen molar-refractivity contribution in [2.24, 2.45) is 5.92 Å². The van der Waals surface area contributed by atoms with Crippen LogP contribution in [-0.2, 0) is 4.79 Å². The smallest absolute Gasteiger partial charge is 0.274 e. The summed E-state index contributed by atoms with van der Waals surface area (Å²) in [5.41, 5.74) is 2.61. The molecule has 2 aromatic carbocycles. The molecule has 6 nitrogen and oxygen atoms in total. The van der Waals surface area contributed by atoms with Crippen LogP contribution >= 0.6 is 11.8 Å². The van der Waals surface area contributed by atoms with Gasteiger partial charge in [0.25, 0.3) is 5.91 Å². The normalized spacial score (nSPS) is 13.2. The minimum absolute atomic E-state index is 0.0373. The van der Waals surface area contributed by atoms with E-state index in [0.717, 1.165) is 23.7 Å². The zero-order chi connectivity index (χ0) is 19.5. The van der Waals surface area contributed by atoms with E-state index in [1.165, 1.54) is 11.8 Å². The Morgan fingerprint density at radius 2 is 1.75 bits per heavy atom. The van der Waals surface area contributed by atoms with E-state index in [0.29, 0.717) is 17.1 Å². The second-order valence-electron chi connectivity index (χ2n) is 6.60. The van der Waals surface area contributed by atoms with E-state index in [9.17, 15) is 9.59 Å². The number of anilines is 2. The Hall–Kier alpha value is -3.06. The maximum Gasteiger partial charge on any atom is 0.274 e. The fourth-order valence-corrected chi connectivity index (χ4v) is 3.47. The molecule has 0 unspecified atom stereocenters. The van der Waals surface area contributed by atoms with Gasteiger partial charge in [0.2, 0.25) is 5.91 Å². The van der Waals surface area contributed by atoms with Crippen LogP contribution in [0.4, 0.5) is 11.4 Å². The molecule has 2 amide bonds. The van der Waals surface area contributed by atoms with Crippen molar-refractivity contribution >= 4 is 35.0 Å². The molecule has 0 atom stereocenters. The van der Waals surface area contributed by atoms with Crippen molar-refractivity contribution in [1.82, 2.24) is 9.55 Å². The summed E-state index contributed by atoms with van der Waals surface area (Å²) >= 11 is 1.48. The van der Waals surface area contributed by atoms with Gasteiger partial charge in [0.1, 0.15) is 5.69 Å². The SMILES string of the molecule is CSc1ncc(C(=O)Nc2cccc(NC(=O)C3CC3)c2)n1-c1ccccc1. The highest BCUT2D eigenvalue weighted by Crippen LogP contribution is 2.30. The van der Waals surface area contributed by atoms with Crippen molar-refractivity contribution in [3.8, 4) is 5.69 Å². The van der Waals surface area contributed by atoms with Crippen LogP contribution in [0.15, 0.2) is 66.0 Å². The number of imidazole rings is 1. The Morgan fingerprint density at radius 3 is 2.43 bits per heavy atom. The van der Waals surface area contributed by atoms with E-state index < -0.39 is 0 Å². The largest absolute Gasteiger partial charge is 0.326 e. The molecular formula is C21H20N4O2S. The number of hydrogen-bond donors (Lipinski definition) is 2. The number of nitrogens with zero attached hydrogens (tertiary/aromatic N) is 2. The monoisotopic (exact) mass is 392 g/mol. The lowest BCUT2D eigenvalue weighted by Gasteiger charge is -2.12. The third-order valence-corrected chi connectivity index (χ3v) is 5.15. The Kier molecular flexibility index (Phi) is 5.16. The maximum absolute atomic E-state index is 12.9. The summed E-state index contributed by atoms with van der Waals surface area (Å²) in [6, 6.07) is 16.8. The molecule has 0 aliphatic heterocycles. The highest BCUT2D eigenvalue weighted by Gasteiger charge is 2.29. The number of aromatic nitrogens is 2. The quantitative estimate of drug-likeness (QED) is 0.617. The highest BCUT2D eigenvalue weighted by molar-refractivity contribution is 7.98. The molecular weight excluding hydrogens is 372 g/mol. The Bertz CT molecular complexity index is 1010. The van der Waals surface area contributed by atoms with Gasteiger partial charge in [-0.3, -0.25) is 14.2 Å². The molecule has 3 aromatic rings. The molecule has 1 saturated carbocycles. The summed E-state index contributed by atoms with van der Waals surface area (Å²) in [5, 5.41) is 6.54.